The molecule has 1 heterocycles. The molecule has 0 aliphatic rings. The second-order valence-electron chi connectivity index (χ2n) is 1.87. The summed E-state index contributed by atoms with van der Waals surface area (Å²) >= 11 is 0. The summed E-state index contributed by atoms with van der Waals surface area (Å²) < 4.78 is 5.23. The van der Waals surface area contributed by atoms with Gasteiger partial charge in [-0.15, -0.1) is 0 Å². The van der Waals surface area contributed by atoms with Crippen LogP contribution in [0.15, 0.2) is 16.5 Å². The maximum absolute atomic E-state index is 5.23. The minimum absolute atomic E-state index is 0.994. The predicted octanol–water partition coefficient (Wildman–Crippen LogP) is 0.100. The molecular weight excluding hydrogens is 98.9 g/mol. The predicted molar refractivity (Wildman–Crippen MR) is 36.3 cm³/mol. The van der Waals surface area contributed by atoms with Crippen molar-refractivity contribution in [3.63, 3.8) is 0 Å². The smallest absolute Gasteiger partial charge is 0.186 e. The van der Waals surface area contributed by atoms with Crippen LogP contribution in [0.1, 0.15) is 12.7 Å². The first-order valence-electron chi connectivity index (χ1n) is 2.88. The van der Waals surface area contributed by atoms with Gasteiger partial charge in [0.25, 0.3) is 0 Å². The monoisotopic (exact) mass is 108 g/mol. The maximum Gasteiger partial charge on any atom is 0.186 e. The molecule has 2 heteroatoms. The first-order valence-corrected chi connectivity index (χ1v) is 2.88. The van der Waals surface area contributed by atoms with E-state index in [2.05, 4.69) is 6.92 Å². The van der Waals surface area contributed by atoms with Gasteiger partial charge in [-0.25, -0.2) is 0 Å². The summed E-state index contributed by atoms with van der Waals surface area (Å²) in [7, 11) is 1.96. The first kappa shape index (κ1) is 5.48. The number of furan rings is 1. The third-order valence-corrected chi connectivity index (χ3v) is 1.14. The van der Waals surface area contributed by atoms with Crippen LogP contribution in [0.4, 0.5) is 0 Å². The molecule has 0 fully saturated rings. The lowest BCUT2D eigenvalue weighted by Gasteiger charge is -1.83. The van der Waals surface area contributed by atoms with Gasteiger partial charge in [-0.2, -0.15) is 0 Å². The van der Waals surface area contributed by atoms with E-state index in [9.17, 15) is 0 Å². The van der Waals surface area contributed by atoms with Gasteiger partial charge in [0.15, 0.2) is 7.85 Å². The standard InChI is InChI=1S/C6H9BO/c1-2-5-3-4-6(7)8-5/h3-4H,2,7H2,1H3. The first-order chi connectivity index (χ1) is 3.83. The van der Waals surface area contributed by atoms with Gasteiger partial charge in [-0.05, 0) is 12.1 Å². The van der Waals surface area contributed by atoms with Crippen LogP contribution < -0.4 is 5.66 Å². The molecular formula is C6H9BO. The van der Waals surface area contributed by atoms with Crippen molar-refractivity contribution >= 4 is 13.5 Å². The van der Waals surface area contributed by atoms with Crippen molar-refractivity contribution in [2.75, 3.05) is 0 Å². The molecule has 0 radical (unpaired) electrons. The van der Waals surface area contributed by atoms with Crippen LogP contribution in [-0.4, -0.2) is 7.85 Å². The Labute approximate surface area is 50.1 Å². The normalized spacial score (nSPS) is 9.62. The Hall–Kier alpha value is -0.655. The van der Waals surface area contributed by atoms with Crippen molar-refractivity contribution in [2.45, 2.75) is 13.3 Å². The van der Waals surface area contributed by atoms with Gasteiger partial charge >= 0.3 is 0 Å². The summed E-state index contributed by atoms with van der Waals surface area (Å²) in [4.78, 5) is 0. The lowest BCUT2D eigenvalue weighted by molar-refractivity contribution is 0.545. The van der Waals surface area contributed by atoms with Crippen molar-refractivity contribution in [1.82, 2.24) is 0 Å². The van der Waals surface area contributed by atoms with Crippen LogP contribution in [0.25, 0.3) is 0 Å². The van der Waals surface area contributed by atoms with Crippen LogP contribution in [0.5, 0.6) is 0 Å². The Morgan fingerprint density at radius 3 is 2.62 bits per heavy atom. The van der Waals surface area contributed by atoms with E-state index in [0.29, 0.717) is 0 Å². The lowest BCUT2D eigenvalue weighted by Crippen LogP contribution is -1.93. The summed E-state index contributed by atoms with van der Waals surface area (Å²) in [6.45, 7) is 2.08. The SMILES string of the molecule is Bc1ccc(CC)o1. The molecule has 0 aliphatic heterocycles. The fourth-order valence-corrected chi connectivity index (χ4v) is 0.675. The quantitative estimate of drug-likeness (QED) is 0.465. The van der Waals surface area contributed by atoms with Gasteiger partial charge in [0.05, 0.1) is 5.66 Å². The summed E-state index contributed by atoms with van der Waals surface area (Å²) in [5, 5.41) is 0. The van der Waals surface area contributed by atoms with Gasteiger partial charge in [-0.3, -0.25) is 0 Å². The molecule has 0 N–H and O–H groups in total. The van der Waals surface area contributed by atoms with Crippen LogP contribution >= 0.6 is 0 Å². The summed E-state index contributed by atoms with van der Waals surface area (Å²) in [5.41, 5.74) is 1.00. The molecule has 0 atom stereocenters. The Morgan fingerprint density at radius 2 is 2.38 bits per heavy atom. The highest BCUT2D eigenvalue weighted by Crippen LogP contribution is 1.95. The summed E-state index contributed by atoms with van der Waals surface area (Å²) in [5.74, 6) is 1.07. The Morgan fingerprint density at radius 1 is 1.62 bits per heavy atom. The zero-order valence-corrected chi connectivity index (χ0v) is 5.27. The molecule has 0 saturated carbocycles. The van der Waals surface area contributed by atoms with Crippen LogP contribution in [-0.2, 0) is 6.42 Å². The molecule has 1 rings (SSSR count). The number of rotatable bonds is 1. The highest BCUT2D eigenvalue weighted by Gasteiger charge is 1.90. The van der Waals surface area contributed by atoms with Gasteiger partial charge in [0.2, 0.25) is 0 Å². The van der Waals surface area contributed by atoms with Crippen LogP contribution in [0.3, 0.4) is 0 Å². The topological polar surface area (TPSA) is 13.1 Å². The van der Waals surface area contributed by atoms with Crippen molar-refractivity contribution in [3.8, 4) is 0 Å². The molecule has 0 bridgehead atoms. The maximum atomic E-state index is 5.23. The van der Waals surface area contributed by atoms with Gasteiger partial charge in [0, 0.05) is 6.42 Å². The summed E-state index contributed by atoms with van der Waals surface area (Å²) in [6.07, 6.45) is 0.994. The fraction of sp³-hybridized carbons (Fsp3) is 0.333. The second kappa shape index (κ2) is 2.08. The minimum atomic E-state index is 0.994. The molecule has 8 heavy (non-hydrogen) atoms. The van der Waals surface area contributed by atoms with Crippen molar-refractivity contribution in [2.24, 2.45) is 0 Å². The molecule has 0 unspecified atom stereocenters. The average molecular weight is 108 g/mol. The van der Waals surface area contributed by atoms with Crippen molar-refractivity contribution in [3.05, 3.63) is 17.9 Å². The zero-order chi connectivity index (χ0) is 5.98. The van der Waals surface area contributed by atoms with E-state index >= 15 is 0 Å². The van der Waals surface area contributed by atoms with Crippen molar-refractivity contribution < 1.29 is 4.42 Å². The molecule has 0 spiro atoms. The van der Waals surface area contributed by atoms with E-state index in [4.69, 9.17) is 4.42 Å². The molecule has 1 nitrogen and oxygen atoms in total. The highest BCUT2D eigenvalue weighted by molar-refractivity contribution is 6.29. The molecule has 0 aromatic carbocycles. The van der Waals surface area contributed by atoms with Crippen LogP contribution in [0, 0.1) is 0 Å². The van der Waals surface area contributed by atoms with Gasteiger partial charge in [-0.1, -0.05) is 6.92 Å². The zero-order valence-electron chi connectivity index (χ0n) is 5.27. The molecule has 0 saturated heterocycles. The molecule has 0 aliphatic carbocycles. The molecule has 42 valence electrons. The average Bonchev–Trinajstić information content (AvgIpc) is 2.14. The Kier molecular flexibility index (Phi) is 1.42. The number of aryl methyl sites for hydroxylation is 1. The highest BCUT2D eigenvalue weighted by atomic mass is 16.3. The molecule has 1 aromatic rings. The van der Waals surface area contributed by atoms with Crippen LogP contribution in [0.2, 0.25) is 0 Å². The Balaban J connectivity index is 2.84. The van der Waals surface area contributed by atoms with Crippen molar-refractivity contribution in [1.29, 1.82) is 0 Å². The van der Waals surface area contributed by atoms with E-state index in [0.717, 1.165) is 17.8 Å². The fourth-order valence-electron chi connectivity index (χ4n) is 0.675. The van der Waals surface area contributed by atoms with Gasteiger partial charge in [0.1, 0.15) is 5.76 Å². The third-order valence-electron chi connectivity index (χ3n) is 1.14. The molecule has 0 amide bonds. The van der Waals surface area contributed by atoms with Gasteiger partial charge < -0.3 is 4.42 Å². The van der Waals surface area contributed by atoms with E-state index in [1.807, 2.05) is 20.0 Å². The van der Waals surface area contributed by atoms with E-state index in [1.165, 1.54) is 0 Å². The second-order valence-corrected chi connectivity index (χ2v) is 1.87. The summed E-state index contributed by atoms with van der Waals surface area (Å²) in [6, 6.07) is 3.99. The van der Waals surface area contributed by atoms with E-state index < -0.39 is 0 Å². The number of hydrogen-bond donors (Lipinski definition) is 0. The minimum Gasteiger partial charge on any atom is -0.477 e. The van der Waals surface area contributed by atoms with E-state index in [1.54, 1.807) is 0 Å². The lowest BCUT2D eigenvalue weighted by atomic mass is 10.1. The number of hydrogen-bond acceptors (Lipinski definition) is 1. The third kappa shape index (κ3) is 0.943. The largest absolute Gasteiger partial charge is 0.477 e. The molecule has 1 aromatic heterocycles. The Bertz CT molecular complexity index is 169. The van der Waals surface area contributed by atoms with E-state index in [-0.39, 0.29) is 0 Å².